The third-order valence-corrected chi connectivity index (χ3v) is 8.31. The monoisotopic (exact) mass is 435 g/mol. The Hall–Kier alpha value is -1.44. The Labute approximate surface area is 182 Å². The van der Waals surface area contributed by atoms with Crippen LogP contribution in [0.15, 0.2) is 23.1 Å². The molecule has 0 bridgehead atoms. The fourth-order valence-electron chi connectivity index (χ4n) is 4.41. The van der Waals surface area contributed by atoms with E-state index in [0.29, 0.717) is 30.8 Å². The number of likely N-dealkylation sites (tertiary alicyclic amines) is 1. The van der Waals surface area contributed by atoms with E-state index in [-0.39, 0.29) is 10.8 Å². The number of sulfonamides is 1. The number of benzene rings is 1. The third-order valence-electron chi connectivity index (χ3n) is 6.27. The molecular weight excluding hydrogens is 398 g/mol. The van der Waals surface area contributed by atoms with Crippen LogP contribution in [0, 0.1) is 6.92 Å². The van der Waals surface area contributed by atoms with E-state index < -0.39 is 10.0 Å². The van der Waals surface area contributed by atoms with Crippen molar-refractivity contribution in [2.24, 2.45) is 0 Å². The summed E-state index contributed by atoms with van der Waals surface area (Å²) in [7, 11) is -3.57. The molecule has 168 valence electrons. The van der Waals surface area contributed by atoms with Crippen LogP contribution >= 0.6 is 0 Å². The molecule has 0 spiro atoms. The zero-order valence-electron chi connectivity index (χ0n) is 18.4. The highest BCUT2D eigenvalue weighted by molar-refractivity contribution is 7.89. The summed E-state index contributed by atoms with van der Waals surface area (Å²) in [6.07, 6.45) is 10.0. The quantitative estimate of drug-likeness (QED) is 0.665. The van der Waals surface area contributed by atoms with Crippen LogP contribution in [-0.4, -0.2) is 62.8 Å². The summed E-state index contributed by atoms with van der Waals surface area (Å²) in [6.45, 7) is 6.85. The second-order valence-corrected chi connectivity index (χ2v) is 10.6. The lowest BCUT2D eigenvalue weighted by Crippen LogP contribution is -2.33. The molecule has 3 rings (SSSR count). The fourth-order valence-corrected chi connectivity index (χ4v) is 6.17. The largest absolute Gasteiger partial charge is 0.352 e. The number of amides is 1. The molecule has 0 unspecified atom stereocenters. The van der Waals surface area contributed by atoms with Crippen molar-refractivity contribution in [3.8, 4) is 0 Å². The summed E-state index contributed by atoms with van der Waals surface area (Å²) in [5.74, 6) is -0.196. The zero-order chi connectivity index (χ0) is 21.4. The van der Waals surface area contributed by atoms with Crippen molar-refractivity contribution < 1.29 is 13.2 Å². The van der Waals surface area contributed by atoms with Crippen LogP contribution < -0.4 is 5.32 Å². The molecule has 1 amide bonds. The Kier molecular flexibility index (Phi) is 8.72. The minimum Gasteiger partial charge on any atom is -0.352 e. The SMILES string of the molecule is Cc1ccc(C(=O)NCCCN2CCCCCC2)cc1S(=O)(=O)N1CCCCCC1. The molecule has 6 nitrogen and oxygen atoms in total. The summed E-state index contributed by atoms with van der Waals surface area (Å²) in [6, 6.07) is 5.03. The molecule has 2 aliphatic heterocycles. The highest BCUT2D eigenvalue weighted by Crippen LogP contribution is 2.24. The Morgan fingerprint density at radius 2 is 1.53 bits per heavy atom. The summed E-state index contributed by atoms with van der Waals surface area (Å²) in [5, 5.41) is 2.97. The first-order chi connectivity index (χ1) is 14.5. The van der Waals surface area contributed by atoms with Crippen molar-refractivity contribution in [1.82, 2.24) is 14.5 Å². The van der Waals surface area contributed by atoms with Crippen LogP contribution in [0.5, 0.6) is 0 Å². The lowest BCUT2D eigenvalue weighted by molar-refractivity contribution is 0.0951. The maximum Gasteiger partial charge on any atom is 0.251 e. The van der Waals surface area contributed by atoms with Gasteiger partial charge in [0.25, 0.3) is 5.91 Å². The number of nitrogens with one attached hydrogen (secondary N) is 1. The van der Waals surface area contributed by atoms with Gasteiger partial charge in [0, 0.05) is 25.2 Å². The van der Waals surface area contributed by atoms with Gasteiger partial charge in [-0.15, -0.1) is 0 Å². The van der Waals surface area contributed by atoms with Crippen molar-refractivity contribution in [3.05, 3.63) is 29.3 Å². The first-order valence-electron chi connectivity index (χ1n) is 11.6. The molecule has 0 aliphatic carbocycles. The standard InChI is InChI=1S/C23H37N3O3S/c1-20-11-12-21(19-22(20)30(28,29)26-17-8-4-5-9-18-26)23(27)24-13-10-16-25-14-6-2-3-7-15-25/h11-12,19H,2-10,13-18H2,1H3,(H,24,27). The number of carbonyl (C=O) groups excluding carboxylic acids is 1. The van der Waals surface area contributed by atoms with Gasteiger partial charge in [0.05, 0.1) is 4.90 Å². The Morgan fingerprint density at radius 1 is 0.933 bits per heavy atom. The third kappa shape index (κ3) is 6.28. The molecule has 1 N–H and O–H groups in total. The maximum absolute atomic E-state index is 13.2. The molecule has 1 aromatic carbocycles. The topological polar surface area (TPSA) is 69.7 Å². The van der Waals surface area contributed by atoms with Crippen molar-refractivity contribution in [2.45, 2.75) is 69.6 Å². The molecular formula is C23H37N3O3S. The normalized spacial score (nSPS) is 19.8. The number of nitrogens with zero attached hydrogens (tertiary/aromatic N) is 2. The molecule has 2 fully saturated rings. The van der Waals surface area contributed by atoms with Crippen LogP contribution in [0.3, 0.4) is 0 Å². The summed E-state index contributed by atoms with van der Waals surface area (Å²) >= 11 is 0. The van der Waals surface area contributed by atoms with Gasteiger partial charge in [-0.25, -0.2) is 8.42 Å². The van der Waals surface area contributed by atoms with Gasteiger partial charge >= 0.3 is 0 Å². The fraction of sp³-hybridized carbons (Fsp3) is 0.696. The van der Waals surface area contributed by atoms with Crippen molar-refractivity contribution >= 4 is 15.9 Å². The van der Waals surface area contributed by atoms with Gasteiger partial charge in [-0.2, -0.15) is 4.31 Å². The summed E-state index contributed by atoms with van der Waals surface area (Å²) in [4.78, 5) is 15.4. The number of aryl methyl sites for hydroxylation is 1. The van der Waals surface area contributed by atoms with Crippen LogP contribution in [0.4, 0.5) is 0 Å². The highest BCUT2D eigenvalue weighted by Gasteiger charge is 2.27. The second-order valence-electron chi connectivity index (χ2n) is 8.66. The van der Waals surface area contributed by atoms with Crippen LogP contribution in [0.1, 0.15) is 73.7 Å². The van der Waals surface area contributed by atoms with Crippen molar-refractivity contribution in [1.29, 1.82) is 0 Å². The van der Waals surface area contributed by atoms with Gasteiger partial charge in [0.15, 0.2) is 0 Å². The van der Waals surface area contributed by atoms with E-state index >= 15 is 0 Å². The average Bonchev–Trinajstić information content (AvgIpc) is 3.17. The van der Waals surface area contributed by atoms with E-state index in [1.54, 1.807) is 29.4 Å². The van der Waals surface area contributed by atoms with Gasteiger partial charge in [-0.05, 0) is 76.4 Å². The Balaban J connectivity index is 1.58. The molecule has 0 atom stereocenters. The van der Waals surface area contributed by atoms with E-state index in [0.717, 1.165) is 51.7 Å². The number of carbonyl (C=O) groups is 1. The van der Waals surface area contributed by atoms with Gasteiger partial charge < -0.3 is 10.2 Å². The molecule has 30 heavy (non-hydrogen) atoms. The maximum atomic E-state index is 13.2. The molecule has 2 heterocycles. The predicted molar refractivity (Wildman–Crippen MR) is 120 cm³/mol. The van der Waals surface area contributed by atoms with E-state index in [1.165, 1.54) is 25.7 Å². The minimum atomic E-state index is -3.57. The molecule has 1 aromatic rings. The summed E-state index contributed by atoms with van der Waals surface area (Å²) in [5.41, 5.74) is 1.11. The number of hydrogen-bond donors (Lipinski definition) is 1. The molecule has 7 heteroatoms. The Morgan fingerprint density at radius 3 is 2.17 bits per heavy atom. The van der Waals surface area contributed by atoms with Crippen molar-refractivity contribution in [2.75, 3.05) is 39.3 Å². The first-order valence-corrected chi connectivity index (χ1v) is 13.0. The number of rotatable bonds is 7. The van der Waals surface area contributed by atoms with Gasteiger partial charge in [0.1, 0.15) is 0 Å². The molecule has 2 saturated heterocycles. The van der Waals surface area contributed by atoms with E-state index in [1.807, 2.05) is 0 Å². The average molecular weight is 436 g/mol. The van der Waals surface area contributed by atoms with E-state index in [2.05, 4.69) is 10.2 Å². The molecule has 0 aromatic heterocycles. The predicted octanol–water partition coefficient (Wildman–Crippen LogP) is 3.56. The highest BCUT2D eigenvalue weighted by atomic mass is 32.2. The van der Waals surface area contributed by atoms with Crippen LogP contribution in [0.25, 0.3) is 0 Å². The molecule has 0 radical (unpaired) electrons. The first kappa shape index (κ1) is 23.2. The van der Waals surface area contributed by atoms with E-state index in [4.69, 9.17) is 0 Å². The van der Waals surface area contributed by atoms with Gasteiger partial charge in [-0.3, -0.25) is 4.79 Å². The minimum absolute atomic E-state index is 0.196. The second kappa shape index (κ2) is 11.3. The van der Waals surface area contributed by atoms with Crippen LogP contribution in [-0.2, 0) is 10.0 Å². The van der Waals surface area contributed by atoms with Gasteiger partial charge in [0.2, 0.25) is 10.0 Å². The van der Waals surface area contributed by atoms with Crippen LogP contribution in [0.2, 0.25) is 0 Å². The molecule has 2 aliphatic rings. The molecule has 0 saturated carbocycles. The number of hydrogen-bond acceptors (Lipinski definition) is 4. The van der Waals surface area contributed by atoms with Gasteiger partial charge in [-0.1, -0.05) is 31.7 Å². The van der Waals surface area contributed by atoms with Crippen molar-refractivity contribution in [3.63, 3.8) is 0 Å². The summed E-state index contributed by atoms with van der Waals surface area (Å²) < 4.78 is 28.0. The van der Waals surface area contributed by atoms with E-state index in [9.17, 15) is 13.2 Å². The lowest BCUT2D eigenvalue weighted by atomic mass is 10.1. The smallest absolute Gasteiger partial charge is 0.251 e. The lowest BCUT2D eigenvalue weighted by Gasteiger charge is -2.21. The zero-order valence-corrected chi connectivity index (χ0v) is 19.2. The Bertz CT molecular complexity index is 794.